The fourth-order valence-electron chi connectivity index (χ4n) is 5.67. The maximum absolute atomic E-state index is 13.2. The van der Waals surface area contributed by atoms with Crippen LogP contribution in [0.1, 0.15) is 51.9 Å². The maximum atomic E-state index is 13.2. The zero-order valence-electron chi connectivity index (χ0n) is 19.1. The van der Waals surface area contributed by atoms with E-state index in [4.69, 9.17) is 0 Å². The van der Waals surface area contributed by atoms with Gasteiger partial charge in [-0.05, 0) is 56.2 Å². The second-order valence-electron chi connectivity index (χ2n) is 9.59. The molecule has 2 aliphatic heterocycles. The highest BCUT2D eigenvalue weighted by molar-refractivity contribution is 6.12. The first-order valence-electron chi connectivity index (χ1n) is 12.1. The SMILES string of the molecule is C[C@@H]1CCCC[C@@]12NC(=O)N(CC(=O)Nc1ccc(N3CCCCC3)c3ccncc13)C2=O. The number of carbonyl (C=O) groups excluding carboxylic acids is 3. The number of piperidine rings is 1. The third kappa shape index (κ3) is 3.81. The molecule has 1 aromatic heterocycles. The van der Waals surface area contributed by atoms with Crippen LogP contribution in [0.25, 0.3) is 10.8 Å². The summed E-state index contributed by atoms with van der Waals surface area (Å²) in [5.74, 6) is -0.607. The van der Waals surface area contributed by atoms with Crippen molar-refractivity contribution >= 4 is 40.0 Å². The first kappa shape index (κ1) is 21.7. The lowest BCUT2D eigenvalue weighted by Gasteiger charge is -2.36. The fraction of sp³-hybridized carbons (Fsp3) is 0.520. The van der Waals surface area contributed by atoms with Crippen molar-refractivity contribution in [2.75, 3.05) is 29.9 Å². The molecule has 8 heteroatoms. The van der Waals surface area contributed by atoms with Gasteiger partial charge in [0, 0.05) is 41.9 Å². The largest absolute Gasteiger partial charge is 0.371 e. The molecule has 1 saturated carbocycles. The van der Waals surface area contributed by atoms with Gasteiger partial charge < -0.3 is 15.5 Å². The van der Waals surface area contributed by atoms with E-state index in [0.29, 0.717) is 12.1 Å². The summed E-state index contributed by atoms with van der Waals surface area (Å²) in [5, 5.41) is 7.70. The van der Waals surface area contributed by atoms with Crippen molar-refractivity contribution in [3.8, 4) is 0 Å². The average molecular weight is 450 g/mol. The Kier molecular flexibility index (Phi) is 5.68. The van der Waals surface area contributed by atoms with Crippen LogP contribution in [-0.2, 0) is 9.59 Å². The molecule has 3 heterocycles. The highest BCUT2D eigenvalue weighted by Crippen LogP contribution is 2.38. The summed E-state index contributed by atoms with van der Waals surface area (Å²) in [5.41, 5.74) is 0.923. The van der Waals surface area contributed by atoms with E-state index in [1.54, 1.807) is 12.4 Å². The molecule has 2 saturated heterocycles. The average Bonchev–Trinajstić information content (AvgIpc) is 3.06. The van der Waals surface area contributed by atoms with E-state index in [1.165, 1.54) is 19.3 Å². The van der Waals surface area contributed by atoms with Gasteiger partial charge in [-0.25, -0.2) is 4.79 Å². The highest BCUT2D eigenvalue weighted by atomic mass is 16.2. The quantitative estimate of drug-likeness (QED) is 0.695. The van der Waals surface area contributed by atoms with Crippen LogP contribution in [-0.4, -0.2) is 52.9 Å². The number of hydrogen-bond acceptors (Lipinski definition) is 5. The number of nitrogens with zero attached hydrogens (tertiary/aromatic N) is 3. The van der Waals surface area contributed by atoms with Crippen molar-refractivity contribution in [3.63, 3.8) is 0 Å². The number of nitrogens with one attached hydrogen (secondary N) is 2. The van der Waals surface area contributed by atoms with Crippen LogP contribution < -0.4 is 15.5 Å². The minimum Gasteiger partial charge on any atom is -0.371 e. The number of amides is 4. The number of urea groups is 1. The summed E-state index contributed by atoms with van der Waals surface area (Å²) in [4.78, 5) is 46.4. The Hall–Kier alpha value is -3.16. The van der Waals surface area contributed by atoms with Crippen LogP contribution in [0, 0.1) is 5.92 Å². The lowest BCUT2D eigenvalue weighted by molar-refractivity contribution is -0.136. The van der Waals surface area contributed by atoms with E-state index < -0.39 is 17.5 Å². The molecule has 4 amide bonds. The molecule has 2 N–H and O–H groups in total. The first-order chi connectivity index (χ1) is 16.0. The van der Waals surface area contributed by atoms with Crippen LogP contribution in [0.15, 0.2) is 30.6 Å². The van der Waals surface area contributed by atoms with Gasteiger partial charge in [0.2, 0.25) is 5.91 Å². The van der Waals surface area contributed by atoms with Crippen molar-refractivity contribution in [2.24, 2.45) is 5.92 Å². The molecular formula is C25H31N5O3. The molecule has 33 heavy (non-hydrogen) atoms. The van der Waals surface area contributed by atoms with Crippen molar-refractivity contribution in [1.29, 1.82) is 0 Å². The zero-order valence-corrected chi connectivity index (χ0v) is 19.1. The predicted octanol–water partition coefficient (Wildman–Crippen LogP) is 3.66. The van der Waals surface area contributed by atoms with Gasteiger partial charge in [0.05, 0.1) is 5.69 Å². The van der Waals surface area contributed by atoms with E-state index in [9.17, 15) is 14.4 Å². The third-order valence-electron chi connectivity index (χ3n) is 7.57. The molecule has 3 fully saturated rings. The van der Waals surface area contributed by atoms with Crippen molar-refractivity contribution in [1.82, 2.24) is 15.2 Å². The molecular weight excluding hydrogens is 418 g/mol. The van der Waals surface area contributed by atoms with E-state index in [-0.39, 0.29) is 18.4 Å². The van der Waals surface area contributed by atoms with Gasteiger partial charge in [-0.15, -0.1) is 0 Å². The van der Waals surface area contributed by atoms with E-state index in [0.717, 1.165) is 53.7 Å². The monoisotopic (exact) mass is 449 g/mol. The molecule has 2 aromatic rings. The van der Waals surface area contributed by atoms with Crippen LogP contribution in [0.2, 0.25) is 0 Å². The number of pyridine rings is 1. The number of fused-ring (bicyclic) bond motifs is 1. The van der Waals surface area contributed by atoms with Crippen LogP contribution in [0.5, 0.6) is 0 Å². The van der Waals surface area contributed by atoms with Crippen LogP contribution in [0.4, 0.5) is 16.2 Å². The van der Waals surface area contributed by atoms with Crippen molar-refractivity contribution < 1.29 is 14.4 Å². The number of aromatic nitrogens is 1. The molecule has 0 unspecified atom stereocenters. The minimum absolute atomic E-state index is 0.0631. The van der Waals surface area contributed by atoms with Gasteiger partial charge in [0.15, 0.2) is 0 Å². The number of benzene rings is 1. The number of hydrogen-bond donors (Lipinski definition) is 2. The number of rotatable bonds is 4. The zero-order chi connectivity index (χ0) is 23.0. The molecule has 174 valence electrons. The summed E-state index contributed by atoms with van der Waals surface area (Å²) in [7, 11) is 0. The number of imide groups is 1. The Morgan fingerprint density at radius 3 is 2.73 bits per heavy atom. The van der Waals surface area contributed by atoms with Gasteiger partial charge in [-0.2, -0.15) is 0 Å². The molecule has 2 atom stereocenters. The van der Waals surface area contributed by atoms with Gasteiger partial charge in [0.1, 0.15) is 12.1 Å². The van der Waals surface area contributed by atoms with E-state index in [2.05, 4.69) is 20.5 Å². The molecule has 5 rings (SSSR count). The molecule has 8 nitrogen and oxygen atoms in total. The summed E-state index contributed by atoms with van der Waals surface area (Å²) < 4.78 is 0. The maximum Gasteiger partial charge on any atom is 0.325 e. The molecule has 1 aromatic carbocycles. The predicted molar refractivity (Wildman–Crippen MR) is 127 cm³/mol. The summed E-state index contributed by atoms with van der Waals surface area (Å²) in [6.45, 7) is 3.75. The van der Waals surface area contributed by atoms with Crippen LogP contribution in [0.3, 0.4) is 0 Å². The standard InChI is InChI=1S/C25H31N5O3/c1-17-7-3-4-11-25(17)23(32)30(24(33)28-25)16-22(31)27-20-8-9-21(29-13-5-2-6-14-29)18-10-12-26-15-19(18)20/h8-10,12,15,17H,2-7,11,13-14,16H2,1H3,(H,27,31)(H,28,33)/t17-,25-/m1/s1. The lowest BCUT2D eigenvalue weighted by Crippen LogP contribution is -2.54. The third-order valence-corrected chi connectivity index (χ3v) is 7.57. The minimum atomic E-state index is -0.859. The molecule has 0 radical (unpaired) electrons. The topological polar surface area (TPSA) is 94.6 Å². The van der Waals surface area contributed by atoms with Crippen molar-refractivity contribution in [3.05, 3.63) is 30.6 Å². The Balaban J connectivity index is 1.35. The molecule has 3 aliphatic rings. The lowest BCUT2D eigenvalue weighted by atomic mass is 9.73. The van der Waals surface area contributed by atoms with Gasteiger partial charge in [0.25, 0.3) is 5.91 Å². The van der Waals surface area contributed by atoms with E-state index >= 15 is 0 Å². The highest BCUT2D eigenvalue weighted by Gasteiger charge is 2.55. The van der Waals surface area contributed by atoms with Crippen LogP contribution >= 0.6 is 0 Å². The Morgan fingerprint density at radius 2 is 1.94 bits per heavy atom. The molecule has 1 aliphatic carbocycles. The Labute approximate surface area is 193 Å². The second-order valence-corrected chi connectivity index (χ2v) is 9.59. The van der Waals surface area contributed by atoms with Crippen molar-refractivity contribution in [2.45, 2.75) is 57.4 Å². The van der Waals surface area contributed by atoms with E-state index in [1.807, 2.05) is 25.1 Å². The molecule has 1 spiro atoms. The second kappa shape index (κ2) is 8.65. The normalized spacial score (nSPS) is 25.5. The summed E-state index contributed by atoms with van der Waals surface area (Å²) in [6.07, 6.45) is 10.6. The van der Waals surface area contributed by atoms with Gasteiger partial charge in [-0.1, -0.05) is 19.8 Å². The first-order valence-corrected chi connectivity index (χ1v) is 12.1. The van der Waals surface area contributed by atoms with Gasteiger partial charge in [-0.3, -0.25) is 19.5 Å². The van der Waals surface area contributed by atoms with Gasteiger partial charge >= 0.3 is 6.03 Å². The fourth-order valence-corrected chi connectivity index (χ4v) is 5.67. The summed E-state index contributed by atoms with van der Waals surface area (Å²) in [6, 6.07) is 5.43. The summed E-state index contributed by atoms with van der Waals surface area (Å²) >= 11 is 0. The Morgan fingerprint density at radius 1 is 1.12 bits per heavy atom. The smallest absolute Gasteiger partial charge is 0.325 e. The number of carbonyl (C=O) groups is 3. The molecule has 0 bridgehead atoms. The number of anilines is 2. The Bertz CT molecular complexity index is 1100.